The van der Waals surface area contributed by atoms with Gasteiger partial charge in [0.15, 0.2) is 6.10 Å². The van der Waals surface area contributed by atoms with Crippen LogP contribution in [-0.2, 0) is 29.6 Å². The zero-order chi connectivity index (χ0) is 18.0. The van der Waals surface area contributed by atoms with Gasteiger partial charge in [-0.05, 0) is 17.7 Å². The highest BCUT2D eigenvalue weighted by Crippen LogP contribution is 2.33. The summed E-state index contributed by atoms with van der Waals surface area (Å²) in [4.78, 5) is 12.4. The Hall–Kier alpha value is -2.51. The van der Waals surface area contributed by atoms with E-state index in [2.05, 4.69) is 0 Å². The lowest BCUT2D eigenvalue weighted by Crippen LogP contribution is -2.16. The Morgan fingerprint density at radius 2 is 1.72 bits per heavy atom. The van der Waals surface area contributed by atoms with Crippen molar-refractivity contribution in [3.05, 3.63) is 82.4 Å². The van der Waals surface area contributed by atoms with Gasteiger partial charge in [0.2, 0.25) is 17.4 Å². The SMILES string of the molecule is NC1=C(OS(=O)(=O)Cc2ccccc2)C(=O)[C@H](c2ccc(Cl)cc2)O1. The van der Waals surface area contributed by atoms with Gasteiger partial charge in [0.05, 0.1) is 0 Å². The molecule has 0 saturated carbocycles. The molecule has 0 unspecified atom stereocenters. The maximum atomic E-state index is 12.4. The van der Waals surface area contributed by atoms with Crippen molar-refractivity contribution in [2.75, 3.05) is 0 Å². The van der Waals surface area contributed by atoms with E-state index in [9.17, 15) is 13.2 Å². The van der Waals surface area contributed by atoms with Gasteiger partial charge >= 0.3 is 10.1 Å². The van der Waals surface area contributed by atoms with E-state index in [-0.39, 0.29) is 11.6 Å². The fourth-order valence-corrected chi connectivity index (χ4v) is 3.55. The molecule has 0 amide bonds. The van der Waals surface area contributed by atoms with Crippen molar-refractivity contribution >= 4 is 27.5 Å². The third-order valence-corrected chi connectivity index (χ3v) is 4.86. The van der Waals surface area contributed by atoms with Gasteiger partial charge < -0.3 is 14.7 Å². The second-order valence-corrected chi connectivity index (χ2v) is 7.39. The summed E-state index contributed by atoms with van der Waals surface area (Å²) in [5.41, 5.74) is 6.68. The molecule has 0 aliphatic carbocycles. The van der Waals surface area contributed by atoms with Crippen molar-refractivity contribution in [1.29, 1.82) is 0 Å². The molecule has 0 radical (unpaired) electrons. The molecule has 0 fully saturated rings. The molecule has 2 aromatic carbocycles. The minimum Gasteiger partial charge on any atom is -0.460 e. The molecule has 0 bridgehead atoms. The fourth-order valence-electron chi connectivity index (χ4n) is 2.35. The summed E-state index contributed by atoms with van der Waals surface area (Å²) in [6.07, 6.45) is -1.06. The number of carbonyl (C=O) groups is 1. The second kappa shape index (κ2) is 6.78. The molecular weight excluding hydrogens is 366 g/mol. The number of ether oxygens (including phenoxy) is 1. The molecule has 2 N–H and O–H groups in total. The van der Waals surface area contributed by atoms with Crippen molar-refractivity contribution in [1.82, 2.24) is 0 Å². The van der Waals surface area contributed by atoms with Crippen LogP contribution in [-0.4, -0.2) is 14.2 Å². The third kappa shape index (κ3) is 3.94. The molecule has 3 rings (SSSR count). The molecule has 1 atom stereocenters. The Morgan fingerprint density at radius 1 is 1.08 bits per heavy atom. The van der Waals surface area contributed by atoms with E-state index in [1.807, 2.05) is 0 Å². The lowest BCUT2D eigenvalue weighted by atomic mass is 10.1. The van der Waals surface area contributed by atoms with Gasteiger partial charge in [-0.15, -0.1) is 0 Å². The number of halogens is 1. The highest BCUT2D eigenvalue weighted by atomic mass is 35.5. The molecule has 1 heterocycles. The van der Waals surface area contributed by atoms with Gasteiger partial charge in [0.1, 0.15) is 5.75 Å². The average molecular weight is 380 g/mol. The van der Waals surface area contributed by atoms with Crippen LogP contribution in [0.15, 0.2) is 66.2 Å². The van der Waals surface area contributed by atoms with Crippen molar-refractivity contribution in [2.45, 2.75) is 11.9 Å². The predicted molar refractivity (Wildman–Crippen MR) is 91.6 cm³/mol. The largest absolute Gasteiger partial charge is 0.460 e. The average Bonchev–Trinajstić information content (AvgIpc) is 2.84. The molecular formula is C17H14ClNO5S. The van der Waals surface area contributed by atoms with Gasteiger partial charge in [0.25, 0.3) is 0 Å². The molecule has 0 spiro atoms. The molecule has 25 heavy (non-hydrogen) atoms. The highest BCUT2D eigenvalue weighted by Gasteiger charge is 2.39. The summed E-state index contributed by atoms with van der Waals surface area (Å²) < 4.78 is 34.6. The second-order valence-electron chi connectivity index (χ2n) is 5.38. The fraction of sp³-hybridized carbons (Fsp3) is 0.118. The summed E-state index contributed by atoms with van der Waals surface area (Å²) in [6, 6.07) is 14.8. The van der Waals surface area contributed by atoms with Gasteiger partial charge in [0, 0.05) is 10.6 Å². The van der Waals surface area contributed by atoms with Crippen LogP contribution in [0, 0.1) is 0 Å². The predicted octanol–water partition coefficient (Wildman–Crippen LogP) is 2.65. The molecule has 8 heteroatoms. The van der Waals surface area contributed by atoms with E-state index in [1.54, 1.807) is 54.6 Å². The summed E-state index contributed by atoms with van der Waals surface area (Å²) in [5, 5.41) is 0.497. The summed E-state index contributed by atoms with van der Waals surface area (Å²) in [5.74, 6) is -1.90. The standard InChI is InChI=1S/C17H14ClNO5S/c18-13-8-6-12(7-9-13)15-14(20)16(17(19)23-15)24-25(21,22)10-11-4-2-1-3-5-11/h1-9,15H,10,19H2/t15-/m0/s1. The zero-order valence-electron chi connectivity index (χ0n) is 12.9. The molecule has 0 aromatic heterocycles. The summed E-state index contributed by atoms with van der Waals surface area (Å²) >= 11 is 5.81. The molecule has 130 valence electrons. The van der Waals surface area contributed by atoms with E-state index in [0.29, 0.717) is 16.1 Å². The number of hydrogen-bond acceptors (Lipinski definition) is 6. The van der Waals surface area contributed by atoms with Gasteiger partial charge in [-0.2, -0.15) is 8.42 Å². The summed E-state index contributed by atoms with van der Waals surface area (Å²) in [7, 11) is -4.06. The molecule has 2 aromatic rings. The Kier molecular flexibility index (Phi) is 4.69. The van der Waals surface area contributed by atoms with Crippen molar-refractivity contribution in [2.24, 2.45) is 5.73 Å². The quantitative estimate of drug-likeness (QED) is 0.802. The van der Waals surface area contributed by atoms with Gasteiger partial charge in [-0.1, -0.05) is 54.1 Å². The highest BCUT2D eigenvalue weighted by molar-refractivity contribution is 7.86. The maximum Gasteiger partial charge on any atom is 0.313 e. The lowest BCUT2D eigenvalue weighted by Gasteiger charge is -2.10. The first-order valence-electron chi connectivity index (χ1n) is 7.28. The number of benzene rings is 2. The number of rotatable bonds is 5. The van der Waals surface area contributed by atoms with Gasteiger partial charge in [-0.3, -0.25) is 4.79 Å². The van der Waals surface area contributed by atoms with Crippen LogP contribution in [0.5, 0.6) is 0 Å². The Labute approximate surface area is 149 Å². The van der Waals surface area contributed by atoms with Gasteiger partial charge in [-0.25, -0.2) is 0 Å². The first-order chi connectivity index (χ1) is 11.9. The van der Waals surface area contributed by atoms with E-state index in [0.717, 1.165) is 0 Å². The van der Waals surface area contributed by atoms with Crippen molar-refractivity contribution in [3.63, 3.8) is 0 Å². The van der Waals surface area contributed by atoms with E-state index >= 15 is 0 Å². The van der Waals surface area contributed by atoms with Crippen molar-refractivity contribution in [3.8, 4) is 0 Å². The Bertz CT molecular complexity index is 923. The molecule has 1 aliphatic heterocycles. The summed E-state index contributed by atoms with van der Waals surface area (Å²) in [6.45, 7) is 0. The molecule has 1 aliphatic rings. The number of Topliss-reactive ketones (excluding diaryl/α,β-unsaturated/α-hetero) is 1. The van der Waals surface area contributed by atoms with Crippen LogP contribution >= 0.6 is 11.6 Å². The van der Waals surface area contributed by atoms with E-state index < -0.39 is 27.8 Å². The van der Waals surface area contributed by atoms with Crippen molar-refractivity contribution < 1.29 is 22.1 Å². The molecule has 0 saturated heterocycles. The van der Waals surface area contributed by atoms with Crippen LogP contribution in [0.4, 0.5) is 0 Å². The minimum atomic E-state index is -4.06. The first-order valence-corrected chi connectivity index (χ1v) is 9.23. The normalized spacial score (nSPS) is 17.5. The maximum absolute atomic E-state index is 12.4. The minimum absolute atomic E-state index is 0.360. The number of nitrogens with two attached hydrogens (primary N) is 1. The Morgan fingerprint density at radius 3 is 2.36 bits per heavy atom. The Balaban J connectivity index is 1.77. The third-order valence-electron chi connectivity index (χ3n) is 3.50. The van der Waals surface area contributed by atoms with E-state index in [4.69, 9.17) is 26.3 Å². The number of carbonyl (C=O) groups excluding carboxylic acids is 1. The first kappa shape index (κ1) is 17.3. The zero-order valence-corrected chi connectivity index (χ0v) is 14.5. The topological polar surface area (TPSA) is 95.7 Å². The van der Waals surface area contributed by atoms with E-state index in [1.165, 1.54) is 0 Å². The van der Waals surface area contributed by atoms with Crippen LogP contribution in [0.1, 0.15) is 17.2 Å². The molecule has 6 nitrogen and oxygen atoms in total. The lowest BCUT2D eigenvalue weighted by molar-refractivity contribution is -0.123. The monoisotopic (exact) mass is 379 g/mol. The van der Waals surface area contributed by atoms with Crippen LogP contribution in [0.3, 0.4) is 0 Å². The number of hydrogen-bond donors (Lipinski definition) is 1. The number of ketones is 1. The van der Waals surface area contributed by atoms with Crippen LogP contribution in [0.2, 0.25) is 5.02 Å². The van der Waals surface area contributed by atoms with Crippen LogP contribution < -0.4 is 5.73 Å². The van der Waals surface area contributed by atoms with Crippen LogP contribution in [0.25, 0.3) is 0 Å². The smallest absolute Gasteiger partial charge is 0.313 e.